The van der Waals surface area contributed by atoms with Gasteiger partial charge in [-0.1, -0.05) is 48.5 Å². The van der Waals surface area contributed by atoms with Gasteiger partial charge in [-0.15, -0.1) is 0 Å². The number of piperidine rings is 1. The number of ether oxygens (including phenoxy) is 1. The van der Waals surface area contributed by atoms with E-state index in [9.17, 15) is 22.8 Å². The first-order valence-corrected chi connectivity index (χ1v) is 12.1. The summed E-state index contributed by atoms with van der Waals surface area (Å²) >= 11 is 0. The van der Waals surface area contributed by atoms with E-state index in [1.807, 2.05) is 60.7 Å². The van der Waals surface area contributed by atoms with Gasteiger partial charge in [0.25, 0.3) is 0 Å². The fraction of sp³-hybridized carbons (Fsp3) is 0.370. The van der Waals surface area contributed by atoms with Crippen molar-refractivity contribution in [2.45, 2.75) is 38.2 Å². The topological polar surface area (TPSA) is 67.7 Å². The highest BCUT2D eigenvalue weighted by molar-refractivity contribution is 5.77. The van der Waals surface area contributed by atoms with Crippen molar-refractivity contribution in [3.63, 3.8) is 0 Å². The minimum atomic E-state index is -4.57. The van der Waals surface area contributed by atoms with Crippen LogP contribution in [0.3, 0.4) is 0 Å². The van der Waals surface area contributed by atoms with E-state index in [1.54, 1.807) is 16.8 Å². The molecule has 3 aromatic rings. The number of hydrogen-bond donors (Lipinski definition) is 0. The first-order chi connectivity index (χ1) is 17.7. The summed E-state index contributed by atoms with van der Waals surface area (Å²) in [5.74, 6) is -0.0395. The lowest BCUT2D eigenvalue weighted by Gasteiger charge is -2.39. The zero-order valence-electron chi connectivity index (χ0n) is 20.5. The smallest absolute Gasteiger partial charge is 0.435 e. The number of alkyl halides is 3. The van der Waals surface area contributed by atoms with Crippen LogP contribution >= 0.6 is 0 Å². The predicted octanol–water partition coefficient (Wildman–Crippen LogP) is 4.25. The van der Waals surface area contributed by atoms with Crippen molar-refractivity contribution in [3.05, 3.63) is 84.2 Å². The molecule has 0 N–H and O–H groups in total. The minimum Gasteiger partial charge on any atom is -0.490 e. The molecule has 0 bridgehead atoms. The molecule has 1 aliphatic heterocycles. The van der Waals surface area contributed by atoms with Gasteiger partial charge in [0, 0.05) is 51.6 Å². The third-order valence-electron chi connectivity index (χ3n) is 6.40. The fourth-order valence-electron chi connectivity index (χ4n) is 4.43. The number of hydrogen-bond acceptors (Lipinski definition) is 4. The second-order valence-corrected chi connectivity index (χ2v) is 9.19. The van der Waals surface area contributed by atoms with Crippen LogP contribution in [0.15, 0.2) is 72.9 Å². The summed E-state index contributed by atoms with van der Waals surface area (Å²) in [6, 6.07) is 19.8. The van der Waals surface area contributed by atoms with Crippen LogP contribution in [-0.4, -0.2) is 57.6 Å². The Morgan fingerprint density at radius 1 is 1.05 bits per heavy atom. The van der Waals surface area contributed by atoms with Crippen LogP contribution in [0.4, 0.5) is 13.2 Å². The van der Waals surface area contributed by atoms with E-state index in [4.69, 9.17) is 4.74 Å². The molecule has 2 atom stereocenters. The number of likely N-dealkylation sites (tertiary alicyclic amines) is 1. The zero-order valence-corrected chi connectivity index (χ0v) is 20.5. The van der Waals surface area contributed by atoms with Gasteiger partial charge in [0.2, 0.25) is 11.8 Å². The fourth-order valence-corrected chi connectivity index (χ4v) is 4.43. The molecule has 1 saturated heterocycles. The van der Waals surface area contributed by atoms with Gasteiger partial charge in [-0.3, -0.25) is 14.3 Å². The molecule has 1 aromatic heterocycles. The van der Waals surface area contributed by atoms with Crippen LogP contribution in [0.2, 0.25) is 0 Å². The Kier molecular flexibility index (Phi) is 8.15. The lowest BCUT2D eigenvalue weighted by atomic mass is 9.90. The summed E-state index contributed by atoms with van der Waals surface area (Å²) in [4.78, 5) is 29.3. The van der Waals surface area contributed by atoms with Crippen molar-refractivity contribution in [3.8, 4) is 5.75 Å². The molecule has 7 nitrogen and oxygen atoms in total. The first-order valence-electron chi connectivity index (χ1n) is 12.1. The predicted molar refractivity (Wildman–Crippen MR) is 130 cm³/mol. The number of carbonyl (C=O) groups is 2. The second kappa shape index (κ2) is 11.5. The van der Waals surface area contributed by atoms with Gasteiger partial charge in [-0.05, 0) is 23.8 Å². The molecule has 37 heavy (non-hydrogen) atoms. The van der Waals surface area contributed by atoms with E-state index in [0.29, 0.717) is 25.3 Å². The van der Waals surface area contributed by atoms with Crippen molar-refractivity contribution in [1.29, 1.82) is 0 Å². The Labute approximate surface area is 213 Å². The zero-order chi connectivity index (χ0) is 26.4. The summed E-state index contributed by atoms with van der Waals surface area (Å²) in [5.41, 5.74) is -0.0338. The number of rotatable bonds is 8. The minimum absolute atomic E-state index is 0.0771. The van der Waals surface area contributed by atoms with Crippen molar-refractivity contribution >= 4 is 11.8 Å². The standard InChI is InChI=1S/C27H29F3N4O3/c1-32(17-20-8-4-2-5-9-20)25(35)16-21-18-33(14-12-23(21)37-22-10-6-3-7-11-22)26(36)19-34-15-13-24(31-34)27(28,29)30/h2-11,13,15,21,23H,12,14,16-19H2,1H3/t21-,23-/m0/s1. The monoisotopic (exact) mass is 514 g/mol. The second-order valence-electron chi connectivity index (χ2n) is 9.19. The number of carbonyl (C=O) groups excluding carboxylic acids is 2. The molecule has 0 radical (unpaired) electrons. The molecular formula is C27H29F3N4O3. The molecule has 0 saturated carbocycles. The summed E-state index contributed by atoms with van der Waals surface area (Å²) in [6.45, 7) is 0.776. The Morgan fingerprint density at radius 3 is 2.38 bits per heavy atom. The van der Waals surface area contributed by atoms with Crippen LogP contribution in [-0.2, 0) is 28.9 Å². The van der Waals surface area contributed by atoms with Crippen LogP contribution in [0.5, 0.6) is 5.75 Å². The van der Waals surface area contributed by atoms with Gasteiger partial charge < -0.3 is 14.5 Å². The lowest BCUT2D eigenvalue weighted by molar-refractivity contribution is -0.142. The normalized spacial score (nSPS) is 17.9. The first kappa shape index (κ1) is 26.2. The Balaban J connectivity index is 1.43. The Hall–Kier alpha value is -3.82. The molecule has 2 amide bonds. The molecule has 4 rings (SSSR count). The maximum absolute atomic E-state index is 13.1. The third kappa shape index (κ3) is 7.12. The maximum atomic E-state index is 13.1. The number of aromatic nitrogens is 2. The molecule has 1 fully saturated rings. The molecule has 0 spiro atoms. The van der Waals surface area contributed by atoms with Crippen molar-refractivity contribution in [2.24, 2.45) is 5.92 Å². The van der Waals surface area contributed by atoms with E-state index in [2.05, 4.69) is 5.10 Å². The van der Waals surface area contributed by atoms with Gasteiger partial charge >= 0.3 is 6.18 Å². The third-order valence-corrected chi connectivity index (χ3v) is 6.40. The van der Waals surface area contributed by atoms with Gasteiger partial charge in [-0.2, -0.15) is 18.3 Å². The molecular weight excluding hydrogens is 485 g/mol. The molecule has 0 unspecified atom stereocenters. The van der Waals surface area contributed by atoms with Gasteiger partial charge in [-0.25, -0.2) is 0 Å². The summed E-state index contributed by atoms with van der Waals surface area (Å²) < 4.78 is 45.8. The van der Waals surface area contributed by atoms with Crippen molar-refractivity contribution in [1.82, 2.24) is 19.6 Å². The van der Waals surface area contributed by atoms with E-state index >= 15 is 0 Å². The quantitative estimate of drug-likeness (QED) is 0.451. The average Bonchev–Trinajstić information content (AvgIpc) is 3.35. The molecule has 1 aliphatic rings. The number of para-hydroxylation sites is 1. The molecule has 10 heteroatoms. The molecule has 196 valence electrons. The highest BCUT2D eigenvalue weighted by Crippen LogP contribution is 2.28. The van der Waals surface area contributed by atoms with Gasteiger partial charge in [0.1, 0.15) is 18.4 Å². The number of benzene rings is 2. The van der Waals surface area contributed by atoms with Crippen molar-refractivity contribution < 1.29 is 27.5 Å². The number of nitrogens with zero attached hydrogens (tertiary/aromatic N) is 4. The van der Waals surface area contributed by atoms with Gasteiger partial charge in [0.05, 0.1) is 0 Å². The van der Waals surface area contributed by atoms with E-state index in [-0.39, 0.29) is 43.3 Å². The van der Waals surface area contributed by atoms with Crippen LogP contribution in [0.1, 0.15) is 24.1 Å². The Bertz CT molecular complexity index is 1180. The molecule has 0 aliphatic carbocycles. The highest BCUT2D eigenvalue weighted by Gasteiger charge is 2.36. The SMILES string of the molecule is CN(Cc1ccccc1)C(=O)C[C@H]1CN(C(=O)Cn2ccc(C(F)(F)F)n2)CC[C@@H]1Oc1ccccc1. The average molecular weight is 515 g/mol. The van der Waals surface area contributed by atoms with Crippen molar-refractivity contribution in [2.75, 3.05) is 20.1 Å². The molecule has 2 aromatic carbocycles. The largest absolute Gasteiger partial charge is 0.490 e. The summed E-state index contributed by atoms with van der Waals surface area (Å²) in [7, 11) is 1.74. The maximum Gasteiger partial charge on any atom is 0.435 e. The lowest BCUT2D eigenvalue weighted by Crippen LogP contribution is -2.50. The highest BCUT2D eigenvalue weighted by atomic mass is 19.4. The summed E-state index contributed by atoms with van der Waals surface area (Å²) in [5, 5.41) is 3.48. The Morgan fingerprint density at radius 2 is 1.73 bits per heavy atom. The van der Waals surface area contributed by atoms with Crippen LogP contribution in [0.25, 0.3) is 0 Å². The molecule has 2 heterocycles. The van der Waals surface area contributed by atoms with E-state index < -0.39 is 11.9 Å². The number of amides is 2. The van der Waals surface area contributed by atoms with E-state index in [0.717, 1.165) is 22.5 Å². The van der Waals surface area contributed by atoms with Gasteiger partial charge in [0.15, 0.2) is 5.69 Å². The van der Waals surface area contributed by atoms with Crippen LogP contribution < -0.4 is 4.74 Å². The van der Waals surface area contributed by atoms with E-state index in [1.165, 1.54) is 0 Å². The number of halogens is 3. The van der Waals surface area contributed by atoms with Crippen LogP contribution in [0, 0.1) is 5.92 Å². The summed E-state index contributed by atoms with van der Waals surface area (Å²) in [6.07, 6.45) is -3.05.